The summed E-state index contributed by atoms with van der Waals surface area (Å²) in [5, 5.41) is 0. The van der Waals surface area contributed by atoms with Crippen molar-refractivity contribution in [2.24, 2.45) is 0 Å². The fourth-order valence-corrected chi connectivity index (χ4v) is 2.70. The molecule has 4 nitrogen and oxygen atoms in total. The Balaban J connectivity index is 1.64. The topological polar surface area (TPSA) is 30.9 Å². The molecule has 20 heavy (non-hydrogen) atoms. The van der Waals surface area contributed by atoms with Gasteiger partial charge in [0.15, 0.2) is 18.2 Å². The number of halogens is 1. The molecule has 102 valence electrons. The van der Waals surface area contributed by atoms with Crippen LogP contribution in [0.3, 0.4) is 0 Å². The standard InChI is InChI=1S/C15H12BrNO3/c16-11-1-3-12(4-2-11)17-7-10-5-14-15(20-9-19-14)6-13(10)18-8-17/h1-6H,7-9H2. The number of hydrogen-bond donors (Lipinski definition) is 0. The third-order valence-electron chi connectivity index (χ3n) is 3.48. The molecule has 0 bridgehead atoms. The van der Waals surface area contributed by atoms with E-state index < -0.39 is 0 Å². The van der Waals surface area contributed by atoms with Gasteiger partial charge in [-0.1, -0.05) is 15.9 Å². The Bertz CT molecular complexity index is 657. The molecule has 0 saturated carbocycles. The number of anilines is 1. The summed E-state index contributed by atoms with van der Waals surface area (Å²) >= 11 is 3.45. The Kier molecular flexibility index (Phi) is 2.73. The van der Waals surface area contributed by atoms with Crippen LogP contribution < -0.4 is 19.1 Å². The molecular weight excluding hydrogens is 322 g/mol. The second kappa shape index (κ2) is 4.59. The van der Waals surface area contributed by atoms with Gasteiger partial charge in [0.05, 0.1) is 0 Å². The molecule has 5 heteroatoms. The quantitative estimate of drug-likeness (QED) is 0.798. The average Bonchev–Trinajstić information content (AvgIpc) is 2.92. The molecule has 0 aromatic heterocycles. The monoisotopic (exact) mass is 333 g/mol. The maximum Gasteiger partial charge on any atom is 0.231 e. The lowest BCUT2D eigenvalue weighted by atomic mass is 10.1. The Labute approximate surface area is 125 Å². The first-order valence-electron chi connectivity index (χ1n) is 6.35. The van der Waals surface area contributed by atoms with E-state index in [9.17, 15) is 0 Å². The molecule has 0 N–H and O–H groups in total. The molecule has 2 aromatic rings. The van der Waals surface area contributed by atoms with Gasteiger partial charge in [0.1, 0.15) is 5.75 Å². The van der Waals surface area contributed by atoms with E-state index in [0.29, 0.717) is 6.73 Å². The van der Waals surface area contributed by atoms with E-state index >= 15 is 0 Å². The minimum Gasteiger partial charge on any atom is -0.473 e. The van der Waals surface area contributed by atoms with Crippen LogP contribution in [0.1, 0.15) is 5.56 Å². The molecule has 0 amide bonds. The molecule has 2 aromatic carbocycles. The fraction of sp³-hybridized carbons (Fsp3) is 0.200. The van der Waals surface area contributed by atoms with Crippen LogP contribution >= 0.6 is 15.9 Å². The van der Waals surface area contributed by atoms with E-state index in [-0.39, 0.29) is 6.79 Å². The maximum atomic E-state index is 5.82. The van der Waals surface area contributed by atoms with Crippen molar-refractivity contribution in [2.75, 3.05) is 18.4 Å². The smallest absolute Gasteiger partial charge is 0.231 e. The lowest BCUT2D eigenvalue weighted by Gasteiger charge is -2.30. The molecule has 2 aliphatic heterocycles. The highest BCUT2D eigenvalue weighted by molar-refractivity contribution is 9.10. The molecule has 0 unspecified atom stereocenters. The fourth-order valence-electron chi connectivity index (χ4n) is 2.44. The number of fused-ring (bicyclic) bond motifs is 2. The van der Waals surface area contributed by atoms with Gasteiger partial charge in [-0.2, -0.15) is 0 Å². The predicted molar refractivity (Wildman–Crippen MR) is 78.4 cm³/mol. The third-order valence-corrected chi connectivity index (χ3v) is 4.01. The van der Waals surface area contributed by atoms with E-state index in [1.807, 2.05) is 24.3 Å². The van der Waals surface area contributed by atoms with E-state index in [1.165, 1.54) is 0 Å². The zero-order chi connectivity index (χ0) is 13.5. The van der Waals surface area contributed by atoms with Gasteiger partial charge < -0.3 is 19.1 Å². The van der Waals surface area contributed by atoms with Crippen LogP contribution in [0.2, 0.25) is 0 Å². The number of nitrogens with zero attached hydrogens (tertiary/aromatic N) is 1. The van der Waals surface area contributed by atoms with Gasteiger partial charge in [-0.3, -0.25) is 0 Å². The molecule has 2 aliphatic rings. The molecule has 4 rings (SSSR count). The molecule has 0 radical (unpaired) electrons. The Morgan fingerprint density at radius 2 is 1.65 bits per heavy atom. The lowest BCUT2D eigenvalue weighted by molar-refractivity contribution is 0.174. The minimum absolute atomic E-state index is 0.286. The van der Waals surface area contributed by atoms with Crippen molar-refractivity contribution >= 4 is 21.6 Å². The lowest BCUT2D eigenvalue weighted by Crippen LogP contribution is -2.31. The Hall–Kier alpha value is -1.88. The number of rotatable bonds is 1. The van der Waals surface area contributed by atoms with Crippen LogP contribution in [-0.2, 0) is 6.54 Å². The van der Waals surface area contributed by atoms with Crippen LogP contribution in [0.25, 0.3) is 0 Å². The molecular formula is C15H12BrNO3. The normalized spacial score (nSPS) is 15.8. The van der Waals surface area contributed by atoms with Crippen molar-refractivity contribution < 1.29 is 14.2 Å². The highest BCUT2D eigenvalue weighted by Gasteiger charge is 2.23. The first kappa shape index (κ1) is 11.9. The van der Waals surface area contributed by atoms with Crippen molar-refractivity contribution in [2.45, 2.75) is 6.54 Å². The summed E-state index contributed by atoms with van der Waals surface area (Å²) in [6, 6.07) is 12.1. The van der Waals surface area contributed by atoms with E-state index in [0.717, 1.165) is 39.5 Å². The summed E-state index contributed by atoms with van der Waals surface area (Å²) in [5.41, 5.74) is 2.25. The Morgan fingerprint density at radius 1 is 0.900 bits per heavy atom. The summed E-state index contributed by atoms with van der Waals surface area (Å²) < 4.78 is 17.7. The van der Waals surface area contributed by atoms with Crippen LogP contribution in [0, 0.1) is 0 Å². The zero-order valence-corrected chi connectivity index (χ0v) is 12.2. The third kappa shape index (κ3) is 1.98. The molecule has 0 aliphatic carbocycles. The summed E-state index contributed by atoms with van der Waals surface area (Å²) in [7, 11) is 0. The second-order valence-electron chi connectivity index (χ2n) is 4.76. The van der Waals surface area contributed by atoms with Crippen molar-refractivity contribution in [1.29, 1.82) is 0 Å². The highest BCUT2D eigenvalue weighted by atomic mass is 79.9. The summed E-state index contributed by atoms with van der Waals surface area (Å²) in [4.78, 5) is 2.18. The molecule has 0 saturated heterocycles. The van der Waals surface area contributed by atoms with Gasteiger partial charge in [0.25, 0.3) is 0 Å². The largest absolute Gasteiger partial charge is 0.473 e. The van der Waals surface area contributed by atoms with Gasteiger partial charge in [0, 0.05) is 28.3 Å². The second-order valence-corrected chi connectivity index (χ2v) is 5.68. The van der Waals surface area contributed by atoms with Crippen LogP contribution in [0.4, 0.5) is 5.69 Å². The SMILES string of the molecule is Brc1ccc(N2COc3cc4c(cc3C2)OCO4)cc1. The minimum atomic E-state index is 0.286. The average molecular weight is 334 g/mol. The van der Waals surface area contributed by atoms with Crippen molar-refractivity contribution in [3.8, 4) is 17.2 Å². The molecule has 0 spiro atoms. The summed E-state index contributed by atoms with van der Waals surface area (Å²) in [5.74, 6) is 2.44. The molecule has 2 heterocycles. The first-order chi connectivity index (χ1) is 9.79. The van der Waals surface area contributed by atoms with Crippen molar-refractivity contribution in [1.82, 2.24) is 0 Å². The molecule has 0 atom stereocenters. The van der Waals surface area contributed by atoms with E-state index in [4.69, 9.17) is 14.2 Å². The number of ether oxygens (including phenoxy) is 3. The summed E-state index contributed by atoms with van der Waals surface area (Å²) in [6.07, 6.45) is 0. The number of benzene rings is 2. The zero-order valence-electron chi connectivity index (χ0n) is 10.6. The van der Waals surface area contributed by atoms with Gasteiger partial charge >= 0.3 is 0 Å². The Morgan fingerprint density at radius 3 is 2.45 bits per heavy atom. The summed E-state index contributed by atoms with van der Waals surface area (Å²) in [6.45, 7) is 1.62. The maximum absolute atomic E-state index is 5.82. The van der Waals surface area contributed by atoms with Crippen LogP contribution in [0.5, 0.6) is 17.2 Å². The van der Waals surface area contributed by atoms with E-state index in [1.54, 1.807) is 0 Å². The van der Waals surface area contributed by atoms with Gasteiger partial charge in [-0.15, -0.1) is 0 Å². The molecule has 0 fully saturated rings. The predicted octanol–water partition coefficient (Wildman–Crippen LogP) is 3.53. The van der Waals surface area contributed by atoms with Crippen molar-refractivity contribution in [3.05, 3.63) is 46.4 Å². The number of hydrogen-bond acceptors (Lipinski definition) is 4. The highest BCUT2D eigenvalue weighted by Crippen LogP contribution is 2.40. The van der Waals surface area contributed by atoms with Gasteiger partial charge in [0.2, 0.25) is 6.79 Å². The first-order valence-corrected chi connectivity index (χ1v) is 7.15. The van der Waals surface area contributed by atoms with Crippen LogP contribution in [0.15, 0.2) is 40.9 Å². The van der Waals surface area contributed by atoms with Gasteiger partial charge in [-0.25, -0.2) is 0 Å². The van der Waals surface area contributed by atoms with Crippen LogP contribution in [-0.4, -0.2) is 13.5 Å². The van der Waals surface area contributed by atoms with Crippen molar-refractivity contribution in [3.63, 3.8) is 0 Å². The van der Waals surface area contributed by atoms with E-state index in [2.05, 4.69) is 33.0 Å². The van der Waals surface area contributed by atoms with Gasteiger partial charge in [-0.05, 0) is 30.3 Å².